The maximum Gasteiger partial charge on any atom is 0.292 e. The molecule has 0 radical (unpaired) electrons. The quantitative estimate of drug-likeness (QED) is 0.508. The molecule has 0 atom stereocenters. The van der Waals surface area contributed by atoms with Gasteiger partial charge in [0.2, 0.25) is 0 Å². The Labute approximate surface area is 158 Å². The van der Waals surface area contributed by atoms with Crippen LogP contribution in [0.3, 0.4) is 0 Å². The number of carbonyl (C=O) groups is 1. The highest BCUT2D eigenvalue weighted by Gasteiger charge is 2.32. The van der Waals surface area contributed by atoms with Crippen LogP contribution in [0.1, 0.15) is 18.1 Å². The first-order chi connectivity index (χ1) is 12.3. The predicted molar refractivity (Wildman–Crippen MR) is 101 cm³/mol. The van der Waals surface area contributed by atoms with Gasteiger partial charge in [-0.1, -0.05) is 46.3 Å². The fourth-order valence-corrected chi connectivity index (χ4v) is 4.28. The second-order valence-corrected chi connectivity index (χ2v) is 7.95. The summed E-state index contributed by atoms with van der Waals surface area (Å²) in [5, 5.41) is 14.3. The fraction of sp³-hybridized carbons (Fsp3) is 0.0588. The largest absolute Gasteiger partial charge is 0.505 e. The zero-order valence-corrected chi connectivity index (χ0v) is 15.9. The van der Waals surface area contributed by atoms with Gasteiger partial charge in [-0.05, 0) is 25.1 Å². The number of hydrazone groups is 1. The molecule has 7 nitrogen and oxygen atoms in total. The van der Waals surface area contributed by atoms with Gasteiger partial charge < -0.3 is 5.11 Å². The molecule has 1 aliphatic heterocycles. The Bertz CT molecular complexity index is 1060. The third kappa shape index (κ3) is 3.35. The minimum absolute atomic E-state index is 0.0582. The van der Waals surface area contributed by atoms with Crippen LogP contribution in [0.4, 0.5) is 0 Å². The summed E-state index contributed by atoms with van der Waals surface area (Å²) in [6, 6.07) is 13.2. The highest BCUT2D eigenvalue weighted by molar-refractivity contribution is 9.10. The van der Waals surface area contributed by atoms with Crippen LogP contribution in [-0.4, -0.2) is 25.1 Å². The minimum Gasteiger partial charge on any atom is -0.505 e. The van der Waals surface area contributed by atoms with Crippen molar-refractivity contribution in [1.82, 2.24) is 10.1 Å². The van der Waals surface area contributed by atoms with Gasteiger partial charge in [-0.2, -0.15) is 5.10 Å². The van der Waals surface area contributed by atoms with Gasteiger partial charge in [0, 0.05) is 15.6 Å². The molecule has 1 aliphatic rings. The van der Waals surface area contributed by atoms with E-state index in [0.29, 0.717) is 5.71 Å². The van der Waals surface area contributed by atoms with Crippen molar-refractivity contribution in [1.29, 1.82) is 0 Å². The number of hydrogen-bond acceptors (Lipinski definition) is 5. The lowest BCUT2D eigenvalue weighted by Gasteiger charge is -2.20. The van der Waals surface area contributed by atoms with Crippen LogP contribution >= 0.6 is 15.9 Å². The maximum absolute atomic E-state index is 12.4. The average Bonchev–Trinajstić information content (AvgIpc) is 2.63. The molecule has 0 spiro atoms. The van der Waals surface area contributed by atoms with Crippen LogP contribution in [0.2, 0.25) is 0 Å². The van der Waals surface area contributed by atoms with Crippen LogP contribution in [-0.2, 0) is 14.8 Å². The second-order valence-electron chi connectivity index (χ2n) is 5.44. The molecule has 2 aromatic carbocycles. The van der Waals surface area contributed by atoms with Crippen LogP contribution < -0.4 is 10.1 Å². The second kappa shape index (κ2) is 6.93. The van der Waals surface area contributed by atoms with Gasteiger partial charge in [-0.3, -0.25) is 9.52 Å². The van der Waals surface area contributed by atoms with Crippen LogP contribution in [0, 0.1) is 0 Å². The number of fused-ring (bicyclic) bond motifs is 1. The lowest BCUT2D eigenvalue weighted by Crippen LogP contribution is -2.37. The van der Waals surface area contributed by atoms with Crippen molar-refractivity contribution in [3.8, 4) is 0 Å². The number of aliphatic hydroxyl groups is 1. The average molecular weight is 436 g/mol. The third-order valence-electron chi connectivity index (χ3n) is 3.72. The molecular formula is C17H14BrN3O4S. The number of nitrogens with zero attached hydrogens (tertiary/aromatic N) is 1. The van der Waals surface area contributed by atoms with E-state index in [1.807, 2.05) is 24.3 Å². The van der Waals surface area contributed by atoms with Crippen molar-refractivity contribution >= 4 is 43.3 Å². The van der Waals surface area contributed by atoms with E-state index in [9.17, 15) is 18.3 Å². The van der Waals surface area contributed by atoms with Gasteiger partial charge >= 0.3 is 0 Å². The highest BCUT2D eigenvalue weighted by Crippen LogP contribution is 2.28. The van der Waals surface area contributed by atoms with Gasteiger partial charge in [0.25, 0.3) is 15.9 Å². The fourth-order valence-electron chi connectivity index (χ4n) is 2.43. The number of rotatable bonds is 3. The number of aliphatic hydroxyl groups excluding tert-OH is 1. The van der Waals surface area contributed by atoms with E-state index >= 15 is 0 Å². The lowest BCUT2D eigenvalue weighted by atomic mass is 10.1. The molecule has 134 valence electrons. The van der Waals surface area contributed by atoms with Crippen molar-refractivity contribution in [2.45, 2.75) is 11.8 Å². The van der Waals surface area contributed by atoms with E-state index < -0.39 is 27.4 Å². The van der Waals surface area contributed by atoms with E-state index in [2.05, 4.69) is 31.2 Å². The van der Waals surface area contributed by atoms with E-state index in [-0.39, 0.29) is 10.5 Å². The van der Waals surface area contributed by atoms with E-state index in [1.165, 1.54) is 18.2 Å². The van der Waals surface area contributed by atoms with Gasteiger partial charge in [0.1, 0.15) is 0 Å². The summed E-state index contributed by atoms with van der Waals surface area (Å²) in [6.07, 6.45) is 0. The van der Waals surface area contributed by atoms with Crippen LogP contribution in [0.25, 0.3) is 5.76 Å². The van der Waals surface area contributed by atoms with Crippen molar-refractivity contribution in [2.24, 2.45) is 5.10 Å². The van der Waals surface area contributed by atoms with Crippen molar-refractivity contribution in [3.05, 3.63) is 69.8 Å². The van der Waals surface area contributed by atoms with Gasteiger partial charge in [-0.25, -0.2) is 13.8 Å². The first-order valence-electron chi connectivity index (χ1n) is 7.46. The van der Waals surface area contributed by atoms with Crippen molar-refractivity contribution in [3.63, 3.8) is 0 Å². The summed E-state index contributed by atoms with van der Waals surface area (Å²) < 4.78 is 27.4. The predicted octanol–water partition coefficient (Wildman–Crippen LogP) is 2.51. The first kappa shape index (κ1) is 18.2. The molecule has 0 bridgehead atoms. The Balaban J connectivity index is 1.91. The third-order valence-corrected chi connectivity index (χ3v) is 5.82. The molecule has 26 heavy (non-hydrogen) atoms. The summed E-state index contributed by atoms with van der Waals surface area (Å²) in [5.41, 5.74) is 3.11. The molecule has 0 saturated carbocycles. The molecule has 0 aromatic heterocycles. The summed E-state index contributed by atoms with van der Waals surface area (Å²) in [4.78, 5) is 12.3. The van der Waals surface area contributed by atoms with Gasteiger partial charge in [0.05, 0.1) is 10.6 Å². The number of amides is 1. The summed E-state index contributed by atoms with van der Waals surface area (Å²) in [5.74, 6) is -1.33. The number of carbonyl (C=O) groups excluding carboxylic acids is 1. The van der Waals surface area contributed by atoms with E-state index in [4.69, 9.17) is 0 Å². The molecule has 0 unspecified atom stereocenters. The molecule has 3 N–H and O–H groups in total. The molecule has 1 heterocycles. The Morgan fingerprint density at radius 2 is 1.81 bits per heavy atom. The minimum atomic E-state index is -3.95. The SMILES string of the molecule is C/C(=N\NC(=O)C1=C(O)c2ccccc2S(=O)(=O)N1)c1ccccc1Br. The molecule has 1 amide bonds. The standard InChI is InChI=1S/C17H14BrN3O4S/c1-10(11-6-2-4-8-13(11)18)19-20-17(23)15-16(22)12-7-3-5-9-14(12)26(24,25)21-15/h2-9,21-22H,1H3,(H,20,23)/b19-10+. The Hall–Kier alpha value is -2.65. The zero-order chi connectivity index (χ0) is 18.9. The zero-order valence-electron chi connectivity index (χ0n) is 13.5. The topological polar surface area (TPSA) is 108 Å². The molecule has 0 saturated heterocycles. The Kier molecular flexibility index (Phi) is 4.84. The lowest BCUT2D eigenvalue weighted by molar-refractivity contribution is -0.117. The Morgan fingerprint density at radius 3 is 2.54 bits per heavy atom. The molecule has 3 rings (SSSR count). The highest BCUT2D eigenvalue weighted by atomic mass is 79.9. The van der Waals surface area contributed by atoms with E-state index in [0.717, 1.165) is 10.0 Å². The van der Waals surface area contributed by atoms with Crippen LogP contribution in [0.15, 0.2) is 68.7 Å². The number of benzene rings is 2. The summed E-state index contributed by atoms with van der Waals surface area (Å²) >= 11 is 3.39. The number of halogens is 1. The number of nitrogens with one attached hydrogen (secondary N) is 2. The molecule has 0 aliphatic carbocycles. The summed E-state index contributed by atoms with van der Waals surface area (Å²) in [7, 11) is -3.95. The molecule has 2 aromatic rings. The molecule has 0 fully saturated rings. The molecule has 9 heteroatoms. The van der Waals surface area contributed by atoms with Crippen molar-refractivity contribution in [2.75, 3.05) is 0 Å². The van der Waals surface area contributed by atoms with Crippen molar-refractivity contribution < 1.29 is 18.3 Å². The number of hydrogen-bond donors (Lipinski definition) is 3. The first-order valence-corrected chi connectivity index (χ1v) is 9.74. The summed E-state index contributed by atoms with van der Waals surface area (Å²) in [6.45, 7) is 1.69. The Morgan fingerprint density at radius 1 is 1.15 bits per heavy atom. The number of sulfonamides is 1. The van der Waals surface area contributed by atoms with Gasteiger partial charge in [0.15, 0.2) is 11.5 Å². The van der Waals surface area contributed by atoms with Crippen LogP contribution in [0.5, 0.6) is 0 Å². The smallest absolute Gasteiger partial charge is 0.292 e. The van der Waals surface area contributed by atoms with E-state index in [1.54, 1.807) is 13.0 Å². The molecular weight excluding hydrogens is 422 g/mol. The maximum atomic E-state index is 12.4. The van der Waals surface area contributed by atoms with Gasteiger partial charge in [-0.15, -0.1) is 0 Å². The normalized spacial score (nSPS) is 15.8. The monoisotopic (exact) mass is 435 g/mol.